The van der Waals surface area contributed by atoms with Crippen molar-refractivity contribution in [3.05, 3.63) is 29.8 Å². The largest absolute Gasteiger partial charge is 0.492 e. The molecule has 0 unspecified atom stereocenters. The maximum atomic E-state index is 10.6. The number of benzene rings is 1. The van der Waals surface area contributed by atoms with Crippen LogP contribution in [-0.4, -0.2) is 42.2 Å². The molecule has 0 saturated heterocycles. The van der Waals surface area contributed by atoms with Crippen molar-refractivity contribution >= 4 is 5.97 Å². The zero-order chi connectivity index (χ0) is 14.8. The van der Waals surface area contributed by atoms with Crippen LogP contribution in [0.3, 0.4) is 0 Å². The van der Waals surface area contributed by atoms with E-state index in [1.54, 1.807) is 12.1 Å². The second-order valence-corrected chi connectivity index (χ2v) is 4.90. The average molecular weight is 279 g/mol. The van der Waals surface area contributed by atoms with E-state index in [1.165, 1.54) is 0 Å². The van der Waals surface area contributed by atoms with E-state index < -0.39 is 5.97 Å². The Morgan fingerprint density at radius 1 is 1.10 bits per heavy atom. The summed E-state index contributed by atoms with van der Waals surface area (Å²) >= 11 is 0. The van der Waals surface area contributed by atoms with Crippen LogP contribution >= 0.6 is 0 Å². The lowest BCUT2D eigenvalue weighted by Gasteiger charge is -2.20. The van der Waals surface area contributed by atoms with E-state index >= 15 is 0 Å². The minimum atomic E-state index is -0.812. The molecule has 112 valence electrons. The molecule has 0 aromatic heterocycles. The van der Waals surface area contributed by atoms with Crippen molar-refractivity contribution in [2.75, 3.05) is 26.2 Å². The summed E-state index contributed by atoms with van der Waals surface area (Å²) in [4.78, 5) is 13.0. The molecular weight excluding hydrogens is 254 g/mol. The fourth-order valence-corrected chi connectivity index (χ4v) is 2.14. The van der Waals surface area contributed by atoms with Crippen molar-refractivity contribution in [2.45, 2.75) is 33.1 Å². The van der Waals surface area contributed by atoms with Crippen LogP contribution in [0.25, 0.3) is 0 Å². The number of hydrogen-bond donors (Lipinski definition) is 1. The number of aliphatic carboxylic acids is 1. The standard InChI is InChI=1S/C16H25NO3/c1-3-9-17(10-4-2)11-12-20-15-7-5-14(6-8-15)13-16(18)19/h5-8H,3-4,9-13H2,1-2H3,(H,18,19). The lowest BCUT2D eigenvalue weighted by atomic mass is 10.1. The van der Waals surface area contributed by atoms with Crippen molar-refractivity contribution in [3.8, 4) is 5.75 Å². The maximum absolute atomic E-state index is 10.6. The molecule has 20 heavy (non-hydrogen) atoms. The molecule has 0 aliphatic rings. The van der Waals surface area contributed by atoms with Gasteiger partial charge in [-0.1, -0.05) is 26.0 Å². The van der Waals surface area contributed by atoms with Gasteiger partial charge in [0.15, 0.2) is 0 Å². The molecule has 4 nitrogen and oxygen atoms in total. The Labute approximate surface area is 121 Å². The van der Waals surface area contributed by atoms with E-state index in [0.29, 0.717) is 6.61 Å². The van der Waals surface area contributed by atoms with E-state index in [0.717, 1.165) is 43.8 Å². The fraction of sp³-hybridized carbons (Fsp3) is 0.562. The summed E-state index contributed by atoms with van der Waals surface area (Å²) in [6.07, 6.45) is 2.37. The molecule has 0 fully saturated rings. The molecule has 0 atom stereocenters. The van der Waals surface area contributed by atoms with Gasteiger partial charge in [-0.05, 0) is 43.6 Å². The van der Waals surface area contributed by atoms with Gasteiger partial charge < -0.3 is 9.84 Å². The molecular formula is C16H25NO3. The molecule has 0 aliphatic heterocycles. The van der Waals surface area contributed by atoms with Gasteiger partial charge in [0, 0.05) is 6.54 Å². The monoisotopic (exact) mass is 279 g/mol. The topological polar surface area (TPSA) is 49.8 Å². The van der Waals surface area contributed by atoms with E-state index in [-0.39, 0.29) is 6.42 Å². The third-order valence-corrected chi connectivity index (χ3v) is 3.03. The first-order valence-electron chi connectivity index (χ1n) is 7.31. The predicted octanol–water partition coefficient (Wildman–Crippen LogP) is 2.81. The molecule has 1 aromatic rings. The van der Waals surface area contributed by atoms with E-state index in [9.17, 15) is 4.79 Å². The molecule has 0 heterocycles. The summed E-state index contributed by atoms with van der Waals surface area (Å²) < 4.78 is 5.70. The van der Waals surface area contributed by atoms with Gasteiger partial charge >= 0.3 is 5.97 Å². The highest BCUT2D eigenvalue weighted by Gasteiger charge is 2.03. The molecule has 1 N–H and O–H groups in total. The van der Waals surface area contributed by atoms with Gasteiger partial charge in [-0.2, -0.15) is 0 Å². The summed E-state index contributed by atoms with van der Waals surface area (Å²) in [6, 6.07) is 7.28. The lowest BCUT2D eigenvalue weighted by Crippen LogP contribution is -2.30. The third-order valence-electron chi connectivity index (χ3n) is 3.03. The molecule has 0 amide bonds. The normalized spacial score (nSPS) is 10.8. The molecule has 0 spiro atoms. The Kier molecular flexibility index (Phi) is 7.73. The second kappa shape index (κ2) is 9.37. The van der Waals surface area contributed by atoms with Crippen molar-refractivity contribution in [1.29, 1.82) is 0 Å². The van der Waals surface area contributed by atoms with E-state index in [4.69, 9.17) is 9.84 Å². The second-order valence-electron chi connectivity index (χ2n) is 4.90. The number of carboxylic acid groups (broad SMARTS) is 1. The van der Waals surface area contributed by atoms with Crippen molar-refractivity contribution in [1.82, 2.24) is 4.90 Å². The summed E-state index contributed by atoms with van der Waals surface area (Å²) in [5, 5.41) is 8.70. The number of nitrogens with zero attached hydrogens (tertiary/aromatic N) is 1. The number of carboxylic acids is 1. The van der Waals surface area contributed by atoms with Crippen LogP contribution in [0.4, 0.5) is 0 Å². The first-order chi connectivity index (χ1) is 9.65. The summed E-state index contributed by atoms with van der Waals surface area (Å²) in [5.41, 5.74) is 0.795. The highest BCUT2D eigenvalue weighted by atomic mass is 16.5. The zero-order valence-corrected chi connectivity index (χ0v) is 12.5. The number of ether oxygens (including phenoxy) is 1. The van der Waals surface area contributed by atoms with Gasteiger partial charge in [-0.25, -0.2) is 0 Å². The summed E-state index contributed by atoms with van der Waals surface area (Å²) in [6.45, 7) is 8.18. The zero-order valence-electron chi connectivity index (χ0n) is 12.5. The van der Waals surface area contributed by atoms with Crippen LogP contribution in [0.2, 0.25) is 0 Å². The average Bonchev–Trinajstić information content (AvgIpc) is 2.40. The van der Waals surface area contributed by atoms with Crippen LogP contribution in [0, 0.1) is 0 Å². The number of carbonyl (C=O) groups is 1. The van der Waals surface area contributed by atoms with Crippen molar-refractivity contribution in [2.24, 2.45) is 0 Å². The minimum Gasteiger partial charge on any atom is -0.492 e. The van der Waals surface area contributed by atoms with E-state index in [1.807, 2.05) is 12.1 Å². The number of rotatable bonds is 10. The molecule has 1 rings (SSSR count). The summed E-state index contributed by atoms with van der Waals surface area (Å²) in [5.74, 6) is -0.0134. The van der Waals surface area contributed by atoms with Gasteiger partial charge in [0.05, 0.1) is 6.42 Å². The predicted molar refractivity (Wildman–Crippen MR) is 80.3 cm³/mol. The van der Waals surface area contributed by atoms with Crippen LogP contribution in [0.15, 0.2) is 24.3 Å². The van der Waals surface area contributed by atoms with Crippen LogP contribution in [0.1, 0.15) is 32.3 Å². The molecule has 0 radical (unpaired) electrons. The Balaban J connectivity index is 2.35. The van der Waals surface area contributed by atoms with Gasteiger partial charge in [-0.15, -0.1) is 0 Å². The van der Waals surface area contributed by atoms with Crippen LogP contribution < -0.4 is 4.74 Å². The Morgan fingerprint density at radius 3 is 2.20 bits per heavy atom. The van der Waals surface area contributed by atoms with E-state index in [2.05, 4.69) is 18.7 Å². The first-order valence-corrected chi connectivity index (χ1v) is 7.31. The smallest absolute Gasteiger partial charge is 0.307 e. The Bertz CT molecular complexity index is 383. The fourth-order valence-electron chi connectivity index (χ4n) is 2.14. The molecule has 0 aliphatic carbocycles. The van der Waals surface area contributed by atoms with Crippen molar-refractivity contribution in [3.63, 3.8) is 0 Å². The quantitative estimate of drug-likeness (QED) is 0.715. The highest BCUT2D eigenvalue weighted by Crippen LogP contribution is 2.12. The Morgan fingerprint density at radius 2 is 1.70 bits per heavy atom. The SMILES string of the molecule is CCCN(CCC)CCOc1ccc(CC(=O)O)cc1. The maximum Gasteiger partial charge on any atom is 0.307 e. The van der Waals surface area contributed by atoms with Gasteiger partial charge in [0.2, 0.25) is 0 Å². The highest BCUT2D eigenvalue weighted by molar-refractivity contribution is 5.70. The molecule has 1 aromatic carbocycles. The van der Waals surface area contributed by atoms with Crippen molar-refractivity contribution < 1.29 is 14.6 Å². The molecule has 0 bridgehead atoms. The van der Waals surface area contributed by atoms with Crippen LogP contribution in [0.5, 0.6) is 5.75 Å². The van der Waals surface area contributed by atoms with Gasteiger partial charge in [0.1, 0.15) is 12.4 Å². The third kappa shape index (κ3) is 6.57. The van der Waals surface area contributed by atoms with Gasteiger partial charge in [0.25, 0.3) is 0 Å². The minimum absolute atomic E-state index is 0.0566. The van der Waals surface area contributed by atoms with Crippen LogP contribution in [-0.2, 0) is 11.2 Å². The first kappa shape index (κ1) is 16.5. The Hall–Kier alpha value is -1.55. The number of hydrogen-bond acceptors (Lipinski definition) is 3. The summed E-state index contributed by atoms with van der Waals surface area (Å²) in [7, 11) is 0. The molecule has 4 heteroatoms. The van der Waals surface area contributed by atoms with Gasteiger partial charge in [-0.3, -0.25) is 9.69 Å². The molecule has 0 saturated carbocycles. The lowest BCUT2D eigenvalue weighted by molar-refractivity contribution is -0.136.